The van der Waals surface area contributed by atoms with E-state index in [1.165, 1.54) is 0 Å². The van der Waals surface area contributed by atoms with Gasteiger partial charge in [-0.1, -0.05) is 30.3 Å². The zero-order valence-electron chi connectivity index (χ0n) is 10.8. The molecule has 0 aliphatic heterocycles. The summed E-state index contributed by atoms with van der Waals surface area (Å²) in [4.78, 5) is 13.2. The maximum Gasteiger partial charge on any atom is 0.185 e. The van der Waals surface area contributed by atoms with Crippen LogP contribution in [0, 0.1) is 0 Å². The fraction of sp³-hybridized carbons (Fsp3) is 0.267. The molecule has 1 aromatic carbocycles. The Balaban J connectivity index is 2.95. The van der Waals surface area contributed by atoms with Crippen LogP contribution < -0.4 is 0 Å². The number of allylic oxidation sites excluding steroid dienone is 3. The maximum atomic E-state index is 12.1. The van der Waals surface area contributed by atoms with Crippen LogP contribution in [-0.4, -0.2) is 12.0 Å². The third kappa shape index (κ3) is 3.90. The van der Waals surface area contributed by atoms with Gasteiger partial charge >= 0.3 is 0 Å². The summed E-state index contributed by atoms with van der Waals surface area (Å²) >= 11 is 1.62. The first-order valence-corrected chi connectivity index (χ1v) is 6.78. The molecule has 0 aromatic heterocycles. The molecule has 0 unspecified atom stereocenters. The Morgan fingerprint density at radius 3 is 2.24 bits per heavy atom. The smallest absolute Gasteiger partial charge is 0.185 e. The maximum absolute atomic E-state index is 12.1. The Labute approximate surface area is 108 Å². The van der Waals surface area contributed by atoms with E-state index < -0.39 is 0 Å². The number of hydrogen-bond acceptors (Lipinski definition) is 2. The van der Waals surface area contributed by atoms with Crippen molar-refractivity contribution < 1.29 is 4.79 Å². The molecule has 0 aliphatic carbocycles. The van der Waals surface area contributed by atoms with Crippen LogP contribution in [0.3, 0.4) is 0 Å². The third-order valence-corrected chi connectivity index (χ3v) is 3.63. The second-order valence-electron chi connectivity index (χ2n) is 3.95. The average Bonchev–Trinajstić information content (AvgIpc) is 2.37. The Morgan fingerprint density at radius 1 is 1.12 bits per heavy atom. The molecule has 17 heavy (non-hydrogen) atoms. The van der Waals surface area contributed by atoms with Crippen molar-refractivity contribution in [2.75, 3.05) is 6.26 Å². The number of carbonyl (C=O) groups excluding carboxylic acids is 1. The van der Waals surface area contributed by atoms with Gasteiger partial charge in [0.15, 0.2) is 5.78 Å². The van der Waals surface area contributed by atoms with Crippen LogP contribution in [0.5, 0.6) is 0 Å². The van der Waals surface area contributed by atoms with Crippen molar-refractivity contribution in [3.05, 3.63) is 51.9 Å². The lowest BCUT2D eigenvalue weighted by molar-refractivity contribution is -0.112. The van der Waals surface area contributed by atoms with E-state index in [1.54, 1.807) is 11.8 Å². The van der Waals surface area contributed by atoms with Gasteiger partial charge in [-0.25, -0.2) is 0 Å². The van der Waals surface area contributed by atoms with Crippen LogP contribution in [0.1, 0.15) is 26.3 Å². The van der Waals surface area contributed by atoms with Gasteiger partial charge in [-0.3, -0.25) is 4.79 Å². The summed E-state index contributed by atoms with van der Waals surface area (Å²) in [5, 5.41) is 0. The number of thioether (sulfide) groups is 1. The highest BCUT2D eigenvalue weighted by Gasteiger charge is 2.09. The topological polar surface area (TPSA) is 17.1 Å². The van der Waals surface area contributed by atoms with Crippen molar-refractivity contribution in [1.82, 2.24) is 0 Å². The molecule has 1 nitrogen and oxygen atoms in total. The van der Waals surface area contributed by atoms with Gasteiger partial charge < -0.3 is 0 Å². The van der Waals surface area contributed by atoms with E-state index in [2.05, 4.69) is 0 Å². The highest BCUT2D eigenvalue weighted by molar-refractivity contribution is 8.02. The molecule has 1 rings (SSSR count). The molecular formula is C15H18OS. The van der Waals surface area contributed by atoms with Gasteiger partial charge in [0.25, 0.3) is 0 Å². The first-order chi connectivity index (χ1) is 8.06. The molecule has 0 spiro atoms. The first kappa shape index (κ1) is 13.8. The molecule has 0 heterocycles. The Bertz CT molecular complexity index is 455. The van der Waals surface area contributed by atoms with Crippen LogP contribution in [0.15, 0.2) is 46.4 Å². The summed E-state index contributed by atoms with van der Waals surface area (Å²) in [5.41, 5.74) is 2.68. The molecule has 0 saturated carbocycles. The Kier molecular flexibility index (Phi) is 5.23. The molecular weight excluding hydrogens is 228 g/mol. The van der Waals surface area contributed by atoms with Crippen molar-refractivity contribution in [3.63, 3.8) is 0 Å². The van der Waals surface area contributed by atoms with Crippen molar-refractivity contribution >= 4 is 23.6 Å². The molecule has 90 valence electrons. The van der Waals surface area contributed by atoms with Crippen molar-refractivity contribution in [1.29, 1.82) is 0 Å². The molecule has 0 radical (unpaired) electrons. The zero-order chi connectivity index (χ0) is 12.8. The predicted octanol–water partition coefficient (Wildman–Crippen LogP) is 4.32. The lowest BCUT2D eigenvalue weighted by atomic mass is 10.0. The summed E-state index contributed by atoms with van der Waals surface area (Å²) in [5.74, 6) is 0.126. The van der Waals surface area contributed by atoms with Crippen LogP contribution in [-0.2, 0) is 4.79 Å². The molecule has 0 atom stereocenters. The normalized spacial score (nSPS) is 13.3. The Hall–Kier alpha value is -1.28. The summed E-state index contributed by atoms with van der Waals surface area (Å²) in [6, 6.07) is 9.91. The molecule has 0 fully saturated rings. The summed E-state index contributed by atoms with van der Waals surface area (Å²) in [6.45, 7) is 5.73. The SMILES string of the molecule is CS/C(C)=C(\C)C(=O)/C(C)=C/c1ccccc1. The van der Waals surface area contributed by atoms with Crippen LogP contribution >= 0.6 is 11.8 Å². The van der Waals surface area contributed by atoms with Crippen molar-refractivity contribution in [2.24, 2.45) is 0 Å². The molecule has 0 bridgehead atoms. The van der Waals surface area contributed by atoms with Gasteiger partial charge in [-0.2, -0.15) is 0 Å². The van der Waals surface area contributed by atoms with Gasteiger partial charge in [0, 0.05) is 5.57 Å². The largest absolute Gasteiger partial charge is 0.289 e. The third-order valence-electron chi connectivity index (χ3n) is 2.72. The lowest BCUT2D eigenvalue weighted by Gasteiger charge is -2.05. The quantitative estimate of drug-likeness (QED) is 0.736. The molecule has 0 amide bonds. The second kappa shape index (κ2) is 6.45. The summed E-state index contributed by atoms with van der Waals surface area (Å²) in [6.07, 6.45) is 3.92. The van der Waals surface area contributed by atoms with E-state index in [-0.39, 0.29) is 5.78 Å². The highest BCUT2D eigenvalue weighted by Crippen LogP contribution is 2.19. The first-order valence-electron chi connectivity index (χ1n) is 5.55. The minimum atomic E-state index is 0.126. The highest BCUT2D eigenvalue weighted by atomic mass is 32.2. The fourth-order valence-corrected chi connectivity index (χ4v) is 1.87. The minimum Gasteiger partial charge on any atom is -0.289 e. The number of hydrogen-bond donors (Lipinski definition) is 0. The van der Waals surface area contributed by atoms with Crippen molar-refractivity contribution in [2.45, 2.75) is 20.8 Å². The number of carbonyl (C=O) groups is 1. The van der Waals surface area contributed by atoms with E-state index in [0.29, 0.717) is 0 Å². The van der Waals surface area contributed by atoms with Gasteiger partial charge in [0.05, 0.1) is 0 Å². The predicted molar refractivity (Wildman–Crippen MR) is 77.0 cm³/mol. The fourth-order valence-electron chi connectivity index (χ4n) is 1.47. The van der Waals surface area contributed by atoms with E-state index in [0.717, 1.165) is 21.6 Å². The standard InChI is InChI=1S/C15H18OS/c1-11(10-14-8-6-5-7-9-14)15(16)12(2)13(3)17-4/h5-10H,1-4H3/b11-10+,13-12+. The summed E-state index contributed by atoms with van der Waals surface area (Å²) < 4.78 is 0. The van der Waals surface area contributed by atoms with E-state index in [4.69, 9.17) is 0 Å². The zero-order valence-corrected chi connectivity index (χ0v) is 11.6. The van der Waals surface area contributed by atoms with E-state index >= 15 is 0 Å². The van der Waals surface area contributed by atoms with Gasteiger partial charge in [-0.05, 0) is 49.1 Å². The number of rotatable bonds is 4. The molecule has 0 aliphatic rings. The van der Waals surface area contributed by atoms with Crippen LogP contribution in [0.25, 0.3) is 6.08 Å². The molecule has 2 heteroatoms. The summed E-state index contributed by atoms with van der Waals surface area (Å²) in [7, 11) is 0. The second-order valence-corrected chi connectivity index (χ2v) is 4.97. The lowest BCUT2D eigenvalue weighted by Crippen LogP contribution is -2.02. The minimum absolute atomic E-state index is 0.126. The molecule has 0 saturated heterocycles. The molecule has 0 N–H and O–H groups in total. The monoisotopic (exact) mass is 246 g/mol. The van der Waals surface area contributed by atoms with Crippen LogP contribution in [0.4, 0.5) is 0 Å². The van der Waals surface area contributed by atoms with Gasteiger partial charge in [0.2, 0.25) is 0 Å². The molecule has 1 aromatic rings. The van der Waals surface area contributed by atoms with E-state index in [9.17, 15) is 4.79 Å². The number of ketones is 1. The van der Waals surface area contributed by atoms with Gasteiger partial charge in [0.1, 0.15) is 0 Å². The van der Waals surface area contributed by atoms with Gasteiger partial charge in [-0.15, -0.1) is 11.8 Å². The van der Waals surface area contributed by atoms with Crippen LogP contribution in [0.2, 0.25) is 0 Å². The number of Topliss-reactive ketones (excluding diaryl/α,β-unsaturated/α-hetero) is 1. The average molecular weight is 246 g/mol. The van der Waals surface area contributed by atoms with E-state index in [1.807, 2.05) is 63.4 Å². The van der Waals surface area contributed by atoms with Crippen molar-refractivity contribution in [3.8, 4) is 0 Å². The Morgan fingerprint density at radius 2 is 1.71 bits per heavy atom. The number of benzene rings is 1.